The molecular weight excluding hydrogens is 358 g/mol. The van der Waals surface area contributed by atoms with Crippen LogP contribution in [0.3, 0.4) is 0 Å². The Kier molecular flexibility index (Phi) is 9.35. The zero-order valence-corrected chi connectivity index (χ0v) is 11.4. The van der Waals surface area contributed by atoms with E-state index in [1.165, 1.54) is 7.14 Å². The van der Waals surface area contributed by atoms with Gasteiger partial charge in [0.25, 0.3) is 0 Å². The second kappa shape index (κ2) is 9.93. The Labute approximate surface area is 114 Å². The van der Waals surface area contributed by atoms with Crippen molar-refractivity contribution in [3.8, 4) is 0 Å². The van der Waals surface area contributed by atoms with E-state index in [1.54, 1.807) is 0 Å². The molecule has 0 heterocycles. The summed E-state index contributed by atoms with van der Waals surface area (Å²) in [7, 11) is -3.67. The average Bonchev–Trinajstić information content (AvgIpc) is 2.31. The van der Waals surface area contributed by atoms with Crippen LogP contribution < -0.4 is 25.9 Å². The van der Waals surface area contributed by atoms with Gasteiger partial charge >= 0.3 is 96.6 Å². The number of hydrogen-bond donors (Lipinski definition) is 0. The maximum absolute atomic E-state index is 9.67. The van der Waals surface area contributed by atoms with Crippen molar-refractivity contribution in [2.45, 2.75) is 0 Å². The van der Waals surface area contributed by atoms with Gasteiger partial charge in [0.2, 0.25) is 0 Å². The van der Waals surface area contributed by atoms with E-state index in [-0.39, 0.29) is 25.9 Å². The Morgan fingerprint density at radius 1 is 0.667 bits per heavy atom. The van der Waals surface area contributed by atoms with Crippen molar-refractivity contribution >= 4 is 7.54 Å². The molecule has 0 aliphatic rings. The molecule has 0 radical (unpaired) electrons. The zero-order chi connectivity index (χ0) is 12.5. The molecule has 98 valence electrons. The molecular formula is C12H10BF4I-2. The second-order valence-electron chi connectivity index (χ2n) is 2.93. The third-order valence-electron chi connectivity index (χ3n) is 1.68. The van der Waals surface area contributed by atoms with Gasteiger partial charge in [-0.25, -0.2) is 0 Å². The summed E-state index contributed by atoms with van der Waals surface area (Å²) in [5.41, 5.74) is 0. The Hall–Kier alpha value is -1.05. The molecule has 2 aromatic carbocycles. The molecule has 0 atom stereocenters. The molecule has 0 spiro atoms. The van der Waals surface area contributed by atoms with Gasteiger partial charge in [-0.05, 0) is 0 Å². The summed E-state index contributed by atoms with van der Waals surface area (Å²) in [6.45, 7) is 0. The molecule has 18 heavy (non-hydrogen) atoms. The molecule has 0 saturated heterocycles. The third-order valence-corrected chi connectivity index (χ3v) is 4.37. The quantitative estimate of drug-likeness (QED) is 0.318. The van der Waals surface area contributed by atoms with E-state index in [9.17, 15) is 12.9 Å². The van der Waals surface area contributed by atoms with Gasteiger partial charge in [0.15, 0.2) is 0 Å². The number of halogens is 5. The number of rotatable bonds is 2. The number of hydrogen-bond acceptors (Lipinski definition) is 0. The molecule has 0 amide bonds. The van der Waals surface area contributed by atoms with Gasteiger partial charge in [-0.1, -0.05) is 0 Å². The molecule has 0 fully saturated rings. The molecule has 0 bridgehead atoms. The van der Waals surface area contributed by atoms with Crippen molar-refractivity contribution < 1.29 is 38.9 Å². The molecule has 6 heteroatoms. The molecule has 0 saturated carbocycles. The molecule has 2 aromatic rings. The minimum atomic E-state index is -3.67. The Balaban J connectivity index is 0.000000512. The summed E-state index contributed by atoms with van der Waals surface area (Å²) in [5.74, 6) is 0. The fourth-order valence-corrected chi connectivity index (χ4v) is 3.35. The summed E-state index contributed by atoms with van der Waals surface area (Å²) in [4.78, 5) is 0. The van der Waals surface area contributed by atoms with Gasteiger partial charge in [-0.3, -0.25) is 12.9 Å². The maximum atomic E-state index is 9.67. The van der Waals surface area contributed by atoms with E-state index in [4.69, 9.17) is 0 Å². The molecule has 0 aliphatic heterocycles. The van der Waals surface area contributed by atoms with Crippen molar-refractivity contribution in [3.05, 3.63) is 67.8 Å². The van der Waals surface area contributed by atoms with Crippen LogP contribution >= 0.6 is 0 Å². The first-order chi connectivity index (χ1) is 8.18. The van der Waals surface area contributed by atoms with Gasteiger partial charge in [0, 0.05) is 0 Å². The van der Waals surface area contributed by atoms with Crippen LogP contribution in [0, 0.1) is 7.14 Å². The molecule has 0 nitrogen and oxygen atoms in total. The van der Waals surface area contributed by atoms with Crippen molar-refractivity contribution in [3.63, 3.8) is 0 Å². The van der Waals surface area contributed by atoms with Crippen LogP contribution in [0.1, 0.15) is 0 Å². The standard InChI is InChI=1S/C12H10I.BF3.FH/c1-3-7-11(8-4-1)13-12-9-5-2-6-10-12;2-1(3)4;/h1-10H;;1H/q-1;;/p-1. The van der Waals surface area contributed by atoms with Crippen LogP contribution in [0.5, 0.6) is 0 Å². The van der Waals surface area contributed by atoms with Crippen molar-refractivity contribution in [2.75, 3.05) is 0 Å². The van der Waals surface area contributed by atoms with Crippen molar-refractivity contribution in [2.24, 2.45) is 0 Å². The van der Waals surface area contributed by atoms with Crippen molar-refractivity contribution in [1.29, 1.82) is 0 Å². The molecule has 0 aliphatic carbocycles. The Morgan fingerprint density at radius 2 is 0.944 bits per heavy atom. The van der Waals surface area contributed by atoms with Gasteiger partial charge in [-0.15, -0.1) is 0 Å². The number of benzene rings is 2. The van der Waals surface area contributed by atoms with Crippen LogP contribution in [0.2, 0.25) is 0 Å². The fourth-order valence-electron chi connectivity index (χ4n) is 1.08. The van der Waals surface area contributed by atoms with E-state index < -0.39 is 7.54 Å². The van der Waals surface area contributed by atoms with Crippen LogP contribution in [-0.4, -0.2) is 7.54 Å². The Morgan fingerprint density at radius 3 is 1.22 bits per heavy atom. The Bertz CT molecular complexity index is 371. The topological polar surface area (TPSA) is 0 Å². The van der Waals surface area contributed by atoms with Crippen molar-refractivity contribution in [1.82, 2.24) is 0 Å². The minimum absolute atomic E-state index is 0. The van der Waals surface area contributed by atoms with E-state index >= 15 is 0 Å². The SMILES string of the molecule is FB(F)F.[F-].c1ccc([I-]c2ccccc2)cc1. The van der Waals surface area contributed by atoms with Gasteiger partial charge in [0.05, 0.1) is 0 Å². The molecule has 0 aromatic heterocycles. The van der Waals surface area contributed by atoms with Crippen LogP contribution in [0.15, 0.2) is 60.7 Å². The summed E-state index contributed by atoms with van der Waals surface area (Å²) in [6.07, 6.45) is 0. The summed E-state index contributed by atoms with van der Waals surface area (Å²) >= 11 is 0.0287. The van der Waals surface area contributed by atoms with E-state index in [0.29, 0.717) is 0 Å². The van der Waals surface area contributed by atoms with Crippen LogP contribution in [0.25, 0.3) is 0 Å². The summed E-state index contributed by atoms with van der Waals surface area (Å²) in [6, 6.07) is 21.4. The van der Waals surface area contributed by atoms with Crippen LogP contribution in [-0.2, 0) is 0 Å². The molecule has 0 unspecified atom stereocenters. The second-order valence-corrected chi connectivity index (χ2v) is 5.96. The van der Waals surface area contributed by atoms with Gasteiger partial charge < -0.3 is 4.70 Å². The normalized spacial score (nSPS) is 8.83. The summed E-state index contributed by atoms with van der Waals surface area (Å²) < 4.78 is 32.0. The van der Waals surface area contributed by atoms with E-state index in [0.717, 1.165) is 0 Å². The monoisotopic (exact) mass is 368 g/mol. The van der Waals surface area contributed by atoms with E-state index in [1.807, 2.05) is 0 Å². The predicted octanol–water partition coefficient (Wildman–Crippen LogP) is -2.30. The third kappa shape index (κ3) is 8.11. The summed E-state index contributed by atoms with van der Waals surface area (Å²) in [5, 5.41) is 0. The van der Waals surface area contributed by atoms with Crippen LogP contribution in [0.4, 0.5) is 12.9 Å². The zero-order valence-electron chi connectivity index (χ0n) is 9.24. The molecule has 2 rings (SSSR count). The fraction of sp³-hybridized carbons (Fsp3) is 0. The van der Waals surface area contributed by atoms with E-state index in [2.05, 4.69) is 60.7 Å². The average molecular weight is 368 g/mol. The van der Waals surface area contributed by atoms with Gasteiger partial charge in [-0.2, -0.15) is 0 Å². The first kappa shape index (κ1) is 17.0. The predicted molar refractivity (Wildman–Crippen MR) is 59.4 cm³/mol. The van der Waals surface area contributed by atoms with Gasteiger partial charge in [0.1, 0.15) is 0 Å². The molecule has 0 N–H and O–H groups in total. The first-order valence-electron chi connectivity index (χ1n) is 4.85. The first-order valence-corrected chi connectivity index (χ1v) is 7.01.